The fourth-order valence-corrected chi connectivity index (χ4v) is 2.36. The lowest BCUT2D eigenvalue weighted by Crippen LogP contribution is -2.42. The highest BCUT2D eigenvalue weighted by Crippen LogP contribution is 2.35. The number of carbonyl (C=O) groups is 1. The molecule has 0 saturated heterocycles. The Bertz CT molecular complexity index is 462. The van der Waals surface area contributed by atoms with E-state index in [1.807, 2.05) is 4.90 Å². The van der Waals surface area contributed by atoms with Crippen LogP contribution in [0.1, 0.15) is 30.1 Å². The molecular formula is C14H22N4O2. The molecule has 1 heterocycles. The fraction of sp³-hybridized carbons (Fsp3) is 0.571. The third-order valence-electron chi connectivity index (χ3n) is 3.80. The summed E-state index contributed by atoms with van der Waals surface area (Å²) in [5.41, 5.74) is 3.62. The Morgan fingerprint density at radius 2 is 2.40 bits per heavy atom. The van der Waals surface area contributed by atoms with Gasteiger partial charge in [0.1, 0.15) is 0 Å². The maximum Gasteiger partial charge on any atom is 0.256 e. The fourth-order valence-electron chi connectivity index (χ4n) is 2.36. The number of nitrogens with one attached hydrogen (secondary N) is 1. The average molecular weight is 278 g/mol. The normalized spacial score (nSPS) is 15.8. The zero-order chi connectivity index (χ0) is 14.5. The van der Waals surface area contributed by atoms with Crippen LogP contribution in [0, 0.1) is 5.92 Å². The molecule has 1 amide bonds. The Morgan fingerprint density at radius 3 is 3.00 bits per heavy atom. The van der Waals surface area contributed by atoms with Crippen molar-refractivity contribution in [3.05, 3.63) is 24.0 Å². The number of nitrogens with zero attached hydrogens (tertiary/aromatic N) is 2. The van der Waals surface area contributed by atoms with Crippen molar-refractivity contribution in [1.82, 2.24) is 9.88 Å². The number of anilines is 1. The number of ether oxygens (including phenoxy) is 1. The molecule has 1 aromatic rings. The molecule has 1 atom stereocenters. The van der Waals surface area contributed by atoms with Crippen LogP contribution < -0.4 is 11.3 Å². The number of nitrogen functional groups attached to an aromatic ring is 1. The van der Waals surface area contributed by atoms with E-state index in [4.69, 9.17) is 10.6 Å². The number of rotatable bonds is 7. The predicted octanol–water partition coefficient (Wildman–Crippen LogP) is 1.25. The number of hydrazine groups is 1. The molecule has 2 rings (SSSR count). The Balaban J connectivity index is 2.20. The van der Waals surface area contributed by atoms with Gasteiger partial charge in [0.05, 0.1) is 24.1 Å². The van der Waals surface area contributed by atoms with E-state index >= 15 is 0 Å². The monoisotopic (exact) mass is 278 g/mol. The van der Waals surface area contributed by atoms with Gasteiger partial charge in [-0.25, -0.2) is 0 Å². The molecule has 0 spiro atoms. The van der Waals surface area contributed by atoms with Crippen LogP contribution in [0.2, 0.25) is 0 Å². The smallest absolute Gasteiger partial charge is 0.256 e. The first-order chi connectivity index (χ1) is 9.69. The molecular weight excluding hydrogens is 256 g/mol. The molecule has 3 N–H and O–H groups in total. The van der Waals surface area contributed by atoms with Crippen molar-refractivity contribution in [1.29, 1.82) is 0 Å². The molecule has 1 aromatic heterocycles. The molecule has 0 radical (unpaired) electrons. The summed E-state index contributed by atoms with van der Waals surface area (Å²) >= 11 is 0. The second-order valence-electron chi connectivity index (χ2n) is 5.13. The Kier molecular flexibility index (Phi) is 4.92. The van der Waals surface area contributed by atoms with Crippen molar-refractivity contribution < 1.29 is 9.53 Å². The summed E-state index contributed by atoms with van der Waals surface area (Å²) in [7, 11) is 1.64. The summed E-state index contributed by atoms with van der Waals surface area (Å²) < 4.78 is 5.12. The minimum atomic E-state index is -0.0307. The second kappa shape index (κ2) is 6.67. The highest BCUT2D eigenvalue weighted by molar-refractivity contribution is 5.99. The van der Waals surface area contributed by atoms with Crippen molar-refractivity contribution in [3.8, 4) is 0 Å². The number of pyridine rings is 1. The van der Waals surface area contributed by atoms with Gasteiger partial charge in [-0.3, -0.25) is 15.6 Å². The number of methoxy groups -OCH3 is 1. The van der Waals surface area contributed by atoms with Crippen LogP contribution in [0.25, 0.3) is 0 Å². The van der Waals surface area contributed by atoms with Crippen molar-refractivity contribution >= 4 is 11.6 Å². The molecule has 110 valence electrons. The van der Waals surface area contributed by atoms with E-state index in [-0.39, 0.29) is 11.9 Å². The topological polar surface area (TPSA) is 80.5 Å². The van der Waals surface area contributed by atoms with E-state index in [1.54, 1.807) is 25.6 Å². The zero-order valence-corrected chi connectivity index (χ0v) is 12.0. The highest BCUT2D eigenvalue weighted by Gasteiger charge is 2.34. The maximum absolute atomic E-state index is 12.8. The molecule has 0 aromatic carbocycles. The van der Waals surface area contributed by atoms with Gasteiger partial charge in [-0.15, -0.1) is 0 Å². The summed E-state index contributed by atoms with van der Waals surface area (Å²) in [6.07, 6.45) is 5.54. The molecule has 6 heteroatoms. The third-order valence-corrected chi connectivity index (χ3v) is 3.80. The summed E-state index contributed by atoms with van der Waals surface area (Å²) in [4.78, 5) is 18.6. The molecule has 6 nitrogen and oxygen atoms in total. The number of aromatic nitrogens is 1. The van der Waals surface area contributed by atoms with Crippen LogP contribution in [0.4, 0.5) is 5.69 Å². The number of hydrogen-bond donors (Lipinski definition) is 2. The molecule has 20 heavy (non-hydrogen) atoms. The van der Waals surface area contributed by atoms with Gasteiger partial charge in [-0.2, -0.15) is 0 Å². The molecule has 0 aliphatic heterocycles. The lowest BCUT2D eigenvalue weighted by Gasteiger charge is -2.29. The summed E-state index contributed by atoms with van der Waals surface area (Å²) in [5, 5.41) is 0. The first-order valence-corrected chi connectivity index (χ1v) is 6.89. The van der Waals surface area contributed by atoms with Gasteiger partial charge in [-0.05, 0) is 31.7 Å². The van der Waals surface area contributed by atoms with E-state index < -0.39 is 0 Å². The van der Waals surface area contributed by atoms with Crippen LogP contribution in [0.5, 0.6) is 0 Å². The Morgan fingerprint density at radius 1 is 1.65 bits per heavy atom. The van der Waals surface area contributed by atoms with E-state index in [9.17, 15) is 4.79 Å². The Hall–Kier alpha value is -1.66. The van der Waals surface area contributed by atoms with Gasteiger partial charge >= 0.3 is 0 Å². The lowest BCUT2D eigenvalue weighted by atomic mass is 10.1. The number of carbonyl (C=O) groups excluding carboxylic acids is 1. The average Bonchev–Trinajstić information content (AvgIpc) is 3.31. The molecule has 1 aliphatic carbocycles. The second-order valence-corrected chi connectivity index (χ2v) is 5.13. The van der Waals surface area contributed by atoms with Crippen molar-refractivity contribution in [2.24, 2.45) is 11.8 Å². The first kappa shape index (κ1) is 14.7. The molecule has 1 fully saturated rings. The van der Waals surface area contributed by atoms with Gasteiger partial charge in [0.15, 0.2) is 0 Å². The number of hydrogen-bond acceptors (Lipinski definition) is 5. The van der Waals surface area contributed by atoms with E-state index in [0.717, 1.165) is 0 Å². The molecule has 1 aliphatic rings. The van der Waals surface area contributed by atoms with Gasteiger partial charge in [0.2, 0.25) is 0 Å². The molecule has 1 saturated carbocycles. The van der Waals surface area contributed by atoms with Crippen LogP contribution in [-0.2, 0) is 4.74 Å². The first-order valence-electron chi connectivity index (χ1n) is 6.89. The minimum absolute atomic E-state index is 0.0307. The van der Waals surface area contributed by atoms with Crippen molar-refractivity contribution in [2.75, 3.05) is 25.7 Å². The molecule has 1 unspecified atom stereocenters. The number of amides is 1. The van der Waals surface area contributed by atoms with Gasteiger partial charge in [-0.1, -0.05) is 0 Å². The van der Waals surface area contributed by atoms with Crippen molar-refractivity contribution in [3.63, 3.8) is 0 Å². The lowest BCUT2D eigenvalue weighted by molar-refractivity contribution is 0.0595. The highest BCUT2D eigenvalue weighted by atomic mass is 16.5. The van der Waals surface area contributed by atoms with E-state index in [0.29, 0.717) is 30.3 Å². The SMILES string of the molecule is COCCN(C(=O)c1ccncc1NN)C(C)C1CC1. The van der Waals surface area contributed by atoms with E-state index in [1.165, 1.54) is 12.8 Å². The van der Waals surface area contributed by atoms with Gasteiger partial charge in [0.25, 0.3) is 5.91 Å². The molecule has 0 bridgehead atoms. The minimum Gasteiger partial charge on any atom is -0.383 e. The maximum atomic E-state index is 12.8. The van der Waals surface area contributed by atoms with E-state index in [2.05, 4.69) is 17.3 Å². The largest absolute Gasteiger partial charge is 0.383 e. The summed E-state index contributed by atoms with van der Waals surface area (Å²) in [5.74, 6) is 6.02. The number of nitrogens with two attached hydrogens (primary N) is 1. The van der Waals surface area contributed by atoms with Gasteiger partial charge < -0.3 is 15.1 Å². The summed E-state index contributed by atoms with van der Waals surface area (Å²) in [6, 6.07) is 1.91. The van der Waals surface area contributed by atoms with Crippen molar-refractivity contribution in [2.45, 2.75) is 25.8 Å². The van der Waals surface area contributed by atoms with Crippen LogP contribution in [0.15, 0.2) is 18.5 Å². The van der Waals surface area contributed by atoms with Crippen LogP contribution >= 0.6 is 0 Å². The van der Waals surface area contributed by atoms with Crippen LogP contribution in [-0.4, -0.2) is 42.1 Å². The third kappa shape index (κ3) is 3.26. The van der Waals surface area contributed by atoms with Crippen LogP contribution in [0.3, 0.4) is 0 Å². The standard InChI is InChI=1S/C14H22N4O2/c1-10(11-3-4-11)18(7-8-20-2)14(19)12-5-6-16-9-13(12)17-15/h5-6,9-11,17H,3-4,7-8,15H2,1-2H3. The Labute approximate surface area is 119 Å². The zero-order valence-electron chi connectivity index (χ0n) is 12.0. The predicted molar refractivity (Wildman–Crippen MR) is 77.1 cm³/mol. The quantitative estimate of drug-likeness (QED) is 0.579. The van der Waals surface area contributed by atoms with Gasteiger partial charge in [0, 0.05) is 25.9 Å². The summed E-state index contributed by atoms with van der Waals surface area (Å²) in [6.45, 7) is 3.21.